The van der Waals surface area contributed by atoms with Gasteiger partial charge in [-0.2, -0.15) is 0 Å². The lowest BCUT2D eigenvalue weighted by Crippen LogP contribution is -2.25. The zero-order valence-electron chi connectivity index (χ0n) is 9.62. The summed E-state index contributed by atoms with van der Waals surface area (Å²) in [6.45, 7) is 2.74. The highest BCUT2D eigenvalue weighted by atomic mass is 16.1. The Morgan fingerprint density at radius 1 is 1.50 bits per heavy atom. The summed E-state index contributed by atoms with van der Waals surface area (Å²) in [6.07, 6.45) is 2.39. The summed E-state index contributed by atoms with van der Waals surface area (Å²) in [5.74, 6) is 0.409. The summed E-state index contributed by atoms with van der Waals surface area (Å²) in [5.41, 5.74) is 9.10. The highest BCUT2D eigenvalue weighted by Crippen LogP contribution is 2.36. The Kier molecular flexibility index (Phi) is 3.25. The van der Waals surface area contributed by atoms with Gasteiger partial charge in [-0.05, 0) is 36.4 Å². The number of nitrogens with two attached hydrogens (primary N) is 1. The number of carbonyl (C=O) groups excluding carboxylic acids is 1. The average Bonchev–Trinajstić information content (AvgIpc) is 2.28. The zero-order chi connectivity index (χ0) is 11.5. The van der Waals surface area contributed by atoms with Crippen LogP contribution in [0.25, 0.3) is 0 Å². The number of carbonyl (C=O) groups is 1. The van der Waals surface area contributed by atoms with Gasteiger partial charge in [0.1, 0.15) is 0 Å². The Balaban J connectivity index is 2.42. The fourth-order valence-electron chi connectivity index (χ4n) is 2.39. The second-order valence-corrected chi connectivity index (χ2v) is 4.26. The van der Waals surface area contributed by atoms with E-state index in [1.165, 1.54) is 11.1 Å². The van der Waals surface area contributed by atoms with E-state index in [1.54, 1.807) is 0 Å². The Hall–Kier alpha value is -1.35. The predicted molar refractivity (Wildman–Crippen MR) is 65.5 cm³/mol. The molecule has 1 aliphatic rings. The molecular weight excluding hydrogens is 200 g/mol. The standard InChI is InChI=1S/C13H18N2O/c1-2-9-4-3-5-11-10(6-7-14)8-12(16)15-13(9)11/h3-5,10H,2,6-8,14H2,1H3,(H,15,16). The molecule has 0 saturated heterocycles. The van der Waals surface area contributed by atoms with E-state index in [0.717, 1.165) is 18.5 Å². The van der Waals surface area contributed by atoms with Crippen LogP contribution in [0.15, 0.2) is 18.2 Å². The predicted octanol–water partition coefficient (Wildman–Crippen LogP) is 2.02. The van der Waals surface area contributed by atoms with E-state index >= 15 is 0 Å². The van der Waals surface area contributed by atoms with Crippen molar-refractivity contribution in [2.75, 3.05) is 11.9 Å². The molecule has 3 heteroatoms. The highest BCUT2D eigenvalue weighted by molar-refractivity contribution is 5.95. The van der Waals surface area contributed by atoms with Crippen molar-refractivity contribution in [3.8, 4) is 0 Å². The normalized spacial score (nSPS) is 19.1. The van der Waals surface area contributed by atoms with Gasteiger partial charge in [-0.3, -0.25) is 4.79 Å². The van der Waals surface area contributed by atoms with Gasteiger partial charge in [0.05, 0.1) is 0 Å². The van der Waals surface area contributed by atoms with Crippen molar-refractivity contribution < 1.29 is 4.79 Å². The van der Waals surface area contributed by atoms with Crippen LogP contribution in [0.1, 0.15) is 36.8 Å². The Morgan fingerprint density at radius 3 is 3.00 bits per heavy atom. The van der Waals surface area contributed by atoms with Crippen molar-refractivity contribution in [2.24, 2.45) is 5.73 Å². The Bertz CT molecular complexity index is 401. The summed E-state index contributed by atoms with van der Waals surface area (Å²) in [4.78, 5) is 11.6. The SMILES string of the molecule is CCc1cccc2c1NC(=O)CC2CCN. The minimum absolute atomic E-state index is 0.117. The van der Waals surface area contributed by atoms with Crippen LogP contribution in [0.2, 0.25) is 0 Å². The summed E-state index contributed by atoms with van der Waals surface area (Å²) in [5, 5.41) is 2.99. The van der Waals surface area contributed by atoms with Crippen LogP contribution in [0.5, 0.6) is 0 Å². The molecule has 0 fully saturated rings. The lowest BCUT2D eigenvalue weighted by atomic mass is 9.86. The Morgan fingerprint density at radius 2 is 2.31 bits per heavy atom. The largest absolute Gasteiger partial charge is 0.330 e. The number of amides is 1. The summed E-state index contributed by atoms with van der Waals surface area (Å²) < 4.78 is 0. The van der Waals surface area contributed by atoms with Gasteiger partial charge in [-0.1, -0.05) is 25.1 Å². The molecule has 1 aromatic rings. The van der Waals surface area contributed by atoms with Crippen molar-refractivity contribution in [3.63, 3.8) is 0 Å². The van der Waals surface area contributed by atoms with Crippen LogP contribution < -0.4 is 11.1 Å². The summed E-state index contributed by atoms with van der Waals surface area (Å²) in [6, 6.07) is 6.25. The van der Waals surface area contributed by atoms with Gasteiger partial charge < -0.3 is 11.1 Å². The molecule has 0 spiro atoms. The van der Waals surface area contributed by atoms with Crippen LogP contribution >= 0.6 is 0 Å². The molecule has 1 unspecified atom stereocenters. The first-order chi connectivity index (χ1) is 7.76. The molecule has 1 aliphatic heterocycles. The molecule has 0 aliphatic carbocycles. The zero-order valence-corrected chi connectivity index (χ0v) is 9.62. The van der Waals surface area contributed by atoms with Crippen LogP contribution in [-0.4, -0.2) is 12.5 Å². The molecule has 1 heterocycles. The summed E-state index contributed by atoms with van der Waals surface area (Å²) >= 11 is 0. The van der Waals surface area contributed by atoms with Gasteiger partial charge in [0.15, 0.2) is 0 Å². The molecule has 16 heavy (non-hydrogen) atoms. The maximum Gasteiger partial charge on any atom is 0.225 e. The quantitative estimate of drug-likeness (QED) is 0.815. The number of aryl methyl sites for hydroxylation is 1. The van der Waals surface area contributed by atoms with Gasteiger partial charge >= 0.3 is 0 Å². The van der Waals surface area contributed by atoms with Gasteiger partial charge in [0.25, 0.3) is 0 Å². The molecule has 0 saturated carbocycles. The third-order valence-corrected chi connectivity index (χ3v) is 3.22. The molecule has 0 aromatic heterocycles. The molecule has 1 amide bonds. The van der Waals surface area contributed by atoms with Crippen molar-refractivity contribution in [2.45, 2.75) is 32.1 Å². The number of hydrogen-bond acceptors (Lipinski definition) is 2. The van der Waals surface area contributed by atoms with Gasteiger partial charge in [-0.25, -0.2) is 0 Å². The summed E-state index contributed by atoms with van der Waals surface area (Å²) in [7, 11) is 0. The number of rotatable bonds is 3. The van der Waals surface area contributed by atoms with E-state index in [9.17, 15) is 4.79 Å². The maximum absolute atomic E-state index is 11.6. The molecule has 86 valence electrons. The molecule has 3 N–H and O–H groups in total. The molecule has 3 nitrogen and oxygen atoms in total. The number of nitrogens with one attached hydrogen (secondary N) is 1. The maximum atomic E-state index is 11.6. The van der Waals surface area contributed by atoms with Crippen LogP contribution in [-0.2, 0) is 11.2 Å². The number of benzene rings is 1. The second-order valence-electron chi connectivity index (χ2n) is 4.26. The number of hydrogen-bond donors (Lipinski definition) is 2. The lowest BCUT2D eigenvalue weighted by molar-refractivity contribution is -0.116. The average molecular weight is 218 g/mol. The van der Waals surface area contributed by atoms with Crippen molar-refractivity contribution in [3.05, 3.63) is 29.3 Å². The molecular formula is C13H18N2O. The van der Waals surface area contributed by atoms with Crippen molar-refractivity contribution in [1.29, 1.82) is 0 Å². The first-order valence-electron chi connectivity index (χ1n) is 5.88. The van der Waals surface area contributed by atoms with E-state index in [0.29, 0.717) is 18.9 Å². The van der Waals surface area contributed by atoms with E-state index in [4.69, 9.17) is 5.73 Å². The van der Waals surface area contributed by atoms with Gasteiger partial charge in [-0.15, -0.1) is 0 Å². The second kappa shape index (κ2) is 4.66. The topological polar surface area (TPSA) is 55.1 Å². The lowest BCUT2D eigenvalue weighted by Gasteiger charge is -2.27. The first-order valence-corrected chi connectivity index (χ1v) is 5.88. The third-order valence-electron chi connectivity index (χ3n) is 3.22. The van der Waals surface area contributed by atoms with E-state index < -0.39 is 0 Å². The minimum atomic E-state index is 0.117. The fourth-order valence-corrected chi connectivity index (χ4v) is 2.39. The van der Waals surface area contributed by atoms with Crippen LogP contribution in [0.4, 0.5) is 5.69 Å². The smallest absolute Gasteiger partial charge is 0.225 e. The molecule has 2 rings (SSSR count). The third kappa shape index (κ3) is 1.95. The first kappa shape index (κ1) is 11.1. The molecule has 0 radical (unpaired) electrons. The highest BCUT2D eigenvalue weighted by Gasteiger charge is 2.25. The number of anilines is 1. The van der Waals surface area contributed by atoms with E-state index in [2.05, 4.69) is 30.4 Å². The van der Waals surface area contributed by atoms with Gasteiger partial charge in [0.2, 0.25) is 5.91 Å². The minimum Gasteiger partial charge on any atom is -0.330 e. The molecule has 1 atom stereocenters. The van der Waals surface area contributed by atoms with Crippen molar-refractivity contribution >= 4 is 11.6 Å². The van der Waals surface area contributed by atoms with Gasteiger partial charge in [0, 0.05) is 12.1 Å². The monoisotopic (exact) mass is 218 g/mol. The molecule has 1 aromatic carbocycles. The van der Waals surface area contributed by atoms with Crippen molar-refractivity contribution in [1.82, 2.24) is 0 Å². The van der Waals surface area contributed by atoms with Crippen LogP contribution in [0.3, 0.4) is 0 Å². The van der Waals surface area contributed by atoms with E-state index in [-0.39, 0.29) is 5.91 Å². The molecule has 0 bridgehead atoms. The fraction of sp³-hybridized carbons (Fsp3) is 0.462. The van der Waals surface area contributed by atoms with Crippen LogP contribution in [0, 0.1) is 0 Å². The number of para-hydroxylation sites is 1. The van der Waals surface area contributed by atoms with E-state index in [1.807, 2.05) is 0 Å². The Labute approximate surface area is 96.0 Å². The number of fused-ring (bicyclic) bond motifs is 1.